The van der Waals surface area contributed by atoms with Gasteiger partial charge in [-0.1, -0.05) is 19.9 Å². The van der Waals surface area contributed by atoms with E-state index < -0.39 is 0 Å². The number of nitrogens with two attached hydrogens (primary N) is 1. The van der Waals surface area contributed by atoms with Gasteiger partial charge in [0.25, 0.3) is 0 Å². The van der Waals surface area contributed by atoms with Crippen LogP contribution >= 0.6 is 0 Å². The lowest BCUT2D eigenvalue weighted by Gasteiger charge is -2.41. The molecule has 0 bridgehead atoms. The average molecular weight is 247 g/mol. The van der Waals surface area contributed by atoms with Gasteiger partial charge in [-0.3, -0.25) is 0 Å². The molecule has 2 unspecified atom stereocenters. The second kappa shape index (κ2) is 4.93. The summed E-state index contributed by atoms with van der Waals surface area (Å²) < 4.78 is 6.11. The summed E-state index contributed by atoms with van der Waals surface area (Å²) in [7, 11) is 0. The van der Waals surface area contributed by atoms with Gasteiger partial charge in [0.15, 0.2) is 0 Å². The van der Waals surface area contributed by atoms with Crippen LogP contribution in [-0.4, -0.2) is 12.1 Å². The average Bonchev–Trinajstić information content (AvgIpc) is 2.30. The standard InChI is InChI=1S/C16H25NO/c1-11-7-8-13(10-12(11)2)18-14-6-5-9-16(3,4)15(14)17/h7-8,10,14-15H,5-6,9,17H2,1-4H3. The summed E-state index contributed by atoms with van der Waals surface area (Å²) in [4.78, 5) is 0. The van der Waals surface area contributed by atoms with Gasteiger partial charge < -0.3 is 10.5 Å². The smallest absolute Gasteiger partial charge is 0.120 e. The predicted octanol–water partition coefficient (Wildman–Crippen LogP) is 3.59. The molecule has 2 heteroatoms. The Bertz CT molecular complexity index is 425. The quantitative estimate of drug-likeness (QED) is 0.867. The monoisotopic (exact) mass is 247 g/mol. The van der Waals surface area contributed by atoms with Gasteiger partial charge in [-0.2, -0.15) is 0 Å². The molecule has 0 radical (unpaired) electrons. The first-order valence-electron chi connectivity index (χ1n) is 6.90. The topological polar surface area (TPSA) is 35.2 Å². The van der Waals surface area contributed by atoms with Gasteiger partial charge in [-0.05, 0) is 61.8 Å². The second-order valence-corrected chi connectivity index (χ2v) is 6.31. The molecule has 100 valence electrons. The molecule has 1 saturated carbocycles. The van der Waals surface area contributed by atoms with Crippen molar-refractivity contribution in [2.45, 2.75) is 59.1 Å². The van der Waals surface area contributed by atoms with Crippen LogP contribution in [0.15, 0.2) is 18.2 Å². The third kappa shape index (κ3) is 2.69. The zero-order chi connectivity index (χ0) is 13.3. The molecule has 2 N–H and O–H groups in total. The Hall–Kier alpha value is -1.02. The van der Waals surface area contributed by atoms with E-state index >= 15 is 0 Å². The van der Waals surface area contributed by atoms with E-state index in [9.17, 15) is 0 Å². The van der Waals surface area contributed by atoms with E-state index in [1.165, 1.54) is 24.0 Å². The maximum Gasteiger partial charge on any atom is 0.120 e. The number of hydrogen-bond acceptors (Lipinski definition) is 2. The van der Waals surface area contributed by atoms with E-state index in [1.54, 1.807) is 0 Å². The molecule has 0 spiro atoms. The van der Waals surface area contributed by atoms with Crippen molar-refractivity contribution in [3.8, 4) is 5.75 Å². The van der Waals surface area contributed by atoms with Crippen molar-refractivity contribution in [3.05, 3.63) is 29.3 Å². The lowest BCUT2D eigenvalue weighted by Crippen LogP contribution is -2.51. The minimum atomic E-state index is 0.118. The van der Waals surface area contributed by atoms with Crippen LogP contribution in [0.1, 0.15) is 44.2 Å². The summed E-state index contributed by atoms with van der Waals surface area (Å²) in [5.74, 6) is 0.955. The number of benzene rings is 1. The normalized spacial score (nSPS) is 26.9. The third-order valence-electron chi connectivity index (χ3n) is 4.38. The SMILES string of the molecule is Cc1ccc(OC2CCCC(C)(C)C2N)cc1C. The maximum absolute atomic E-state index is 6.35. The zero-order valence-corrected chi connectivity index (χ0v) is 12.0. The molecule has 2 nitrogen and oxygen atoms in total. The van der Waals surface area contributed by atoms with Crippen molar-refractivity contribution < 1.29 is 4.74 Å². The fraction of sp³-hybridized carbons (Fsp3) is 0.625. The third-order valence-corrected chi connectivity index (χ3v) is 4.38. The Morgan fingerprint density at radius 1 is 1.22 bits per heavy atom. The highest BCUT2D eigenvalue weighted by atomic mass is 16.5. The van der Waals surface area contributed by atoms with Crippen molar-refractivity contribution in [1.82, 2.24) is 0 Å². The first-order chi connectivity index (χ1) is 8.40. The number of aryl methyl sites for hydroxylation is 2. The number of rotatable bonds is 2. The van der Waals surface area contributed by atoms with Crippen LogP contribution in [-0.2, 0) is 0 Å². The van der Waals surface area contributed by atoms with Crippen LogP contribution in [0.25, 0.3) is 0 Å². The molecular weight excluding hydrogens is 222 g/mol. The highest BCUT2D eigenvalue weighted by Crippen LogP contribution is 2.36. The van der Waals surface area contributed by atoms with Crippen molar-refractivity contribution in [1.29, 1.82) is 0 Å². The predicted molar refractivity (Wildman–Crippen MR) is 75.9 cm³/mol. The second-order valence-electron chi connectivity index (χ2n) is 6.31. The van der Waals surface area contributed by atoms with Crippen molar-refractivity contribution >= 4 is 0 Å². The Morgan fingerprint density at radius 3 is 2.61 bits per heavy atom. The Labute approximate surface area is 111 Å². The molecule has 1 aliphatic rings. The van der Waals surface area contributed by atoms with E-state index in [-0.39, 0.29) is 17.6 Å². The molecule has 18 heavy (non-hydrogen) atoms. The van der Waals surface area contributed by atoms with Gasteiger partial charge in [-0.15, -0.1) is 0 Å². The van der Waals surface area contributed by atoms with E-state index in [1.807, 2.05) is 0 Å². The molecular formula is C16H25NO. The molecule has 0 saturated heterocycles. The van der Waals surface area contributed by atoms with Gasteiger partial charge in [0.05, 0.1) is 0 Å². The van der Waals surface area contributed by atoms with Gasteiger partial charge >= 0.3 is 0 Å². The van der Waals surface area contributed by atoms with Gasteiger partial charge in [0, 0.05) is 6.04 Å². The number of hydrogen-bond donors (Lipinski definition) is 1. The molecule has 1 aliphatic carbocycles. The van der Waals surface area contributed by atoms with E-state index in [0.29, 0.717) is 0 Å². The highest BCUT2D eigenvalue weighted by Gasteiger charge is 2.37. The van der Waals surface area contributed by atoms with Crippen molar-refractivity contribution in [2.75, 3.05) is 0 Å². The minimum Gasteiger partial charge on any atom is -0.489 e. The van der Waals surface area contributed by atoms with E-state index in [2.05, 4.69) is 45.9 Å². The van der Waals surface area contributed by atoms with Crippen LogP contribution in [0.5, 0.6) is 5.75 Å². The Morgan fingerprint density at radius 2 is 1.94 bits per heavy atom. The van der Waals surface area contributed by atoms with E-state index in [0.717, 1.165) is 12.2 Å². The van der Waals surface area contributed by atoms with Crippen LogP contribution in [0.3, 0.4) is 0 Å². The van der Waals surface area contributed by atoms with Gasteiger partial charge in [0.2, 0.25) is 0 Å². The lowest BCUT2D eigenvalue weighted by atomic mass is 9.72. The number of ether oxygens (including phenoxy) is 1. The van der Waals surface area contributed by atoms with Crippen LogP contribution in [0.4, 0.5) is 0 Å². The van der Waals surface area contributed by atoms with Crippen molar-refractivity contribution in [2.24, 2.45) is 11.1 Å². The summed E-state index contributed by atoms with van der Waals surface area (Å²) in [5, 5.41) is 0. The van der Waals surface area contributed by atoms with Crippen molar-refractivity contribution in [3.63, 3.8) is 0 Å². The minimum absolute atomic E-state index is 0.118. The maximum atomic E-state index is 6.35. The molecule has 2 atom stereocenters. The van der Waals surface area contributed by atoms with Crippen LogP contribution in [0.2, 0.25) is 0 Å². The summed E-state index contributed by atoms with van der Waals surface area (Å²) in [6, 6.07) is 6.40. The van der Waals surface area contributed by atoms with Gasteiger partial charge in [0.1, 0.15) is 11.9 Å². The molecule has 0 amide bonds. The van der Waals surface area contributed by atoms with Crippen LogP contribution in [0, 0.1) is 19.3 Å². The molecule has 1 fully saturated rings. The molecule has 0 heterocycles. The molecule has 0 aliphatic heterocycles. The zero-order valence-electron chi connectivity index (χ0n) is 12.0. The Balaban J connectivity index is 2.11. The fourth-order valence-corrected chi connectivity index (χ4v) is 2.70. The largest absolute Gasteiger partial charge is 0.489 e. The molecule has 1 aromatic rings. The van der Waals surface area contributed by atoms with Crippen LogP contribution < -0.4 is 10.5 Å². The first-order valence-corrected chi connectivity index (χ1v) is 6.90. The molecule has 2 rings (SSSR count). The molecule has 1 aromatic carbocycles. The lowest BCUT2D eigenvalue weighted by molar-refractivity contribution is 0.0567. The highest BCUT2D eigenvalue weighted by molar-refractivity contribution is 5.34. The first kappa shape index (κ1) is 13.4. The Kier molecular flexibility index (Phi) is 3.67. The summed E-state index contributed by atoms with van der Waals surface area (Å²) >= 11 is 0. The fourth-order valence-electron chi connectivity index (χ4n) is 2.70. The van der Waals surface area contributed by atoms with E-state index in [4.69, 9.17) is 10.5 Å². The van der Waals surface area contributed by atoms with Gasteiger partial charge in [-0.25, -0.2) is 0 Å². The summed E-state index contributed by atoms with van der Waals surface area (Å²) in [6.45, 7) is 8.72. The summed E-state index contributed by atoms with van der Waals surface area (Å²) in [5.41, 5.74) is 9.11. The summed E-state index contributed by atoms with van der Waals surface area (Å²) in [6.07, 6.45) is 3.62. The molecule has 0 aromatic heterocycles.